The molecule has 0 aliphatic carbocycles. The predicted octanol–water partition coefficient (Wildman–Crippen LogP) is 3.49. The zero-order valence-corrected chi connectivity index (χ0v) is 15.6. The van der Waals surface area contributed by atoms with E-state index in [2.05, 4.69) is 22.1 Å². The van der Waals surface area contributed by atoms with Crippen molar-refractivity contribution in [2.45, 2.75) is 52.1 Å². The highest BCUT2D eigenvalue weighted by atomic mass is 16.5. The molecule has 1 saturated heterocycles. The first-order chi connectivity index (χ1) is 12.6. The zero-order valence-electron chi connectivity index (χ0n) is 15.6. The van der Waals surface area contributed by atoms with E-state index < -0.39 is 0 Å². The molecule has 1 aromatic carbocycles. The molecule has 0 radical (unpaired) electrons. The molecule has 1 aliphatic rings. The molecule has 2 heterocycles. The van der Waals surface area contributed by atoms with Gasteiger partial charge in [-0.25, -0.2) is 9.97 Å². The average molecular weight is 353 g/mol. The van der Waals surface area contributed by atoms with E-state index in [-0.39, 0.29) is 12.0 Å². The number of carbonyl (C=O) groups excluding carboxylic acids is 1. The van der Waals surface area contributed by atoms with Crippen molar-refractivity contribution in [3.05, 3.63) is 53.3 Å². The number of nitrogens with zero attached hydrogens (tertiary/aromatic N) is 3. The number of carbonyl (C=O) groups is 1. The number of hydrogen-bond acceptors (Lipinski definition) is 4. The number of aromatic nitrogens is 2. The van der Waals surface area contributed by atoms with Crippen molar-refractivity contribution in [2.75, 3.05) is 13.1 Å². The van der Waals surface area contributed by atoms with Crippen LogP contribution in [-0.2, 0) is 11.2 Å². The molecule has 5 nitrogen and oxygen atoms in total. The van der Waals surface area contributed by atoms with Crippen LogP contribution in [0.4, 0.5) is 0 Å². The van der Waals surface area contributed by atoms with Gasteiger partial charge in [0.2, 0.25) is 5.91 Å². The molecule has 5 heteroatoms. The fourth-order valence-corrected chi connectivity index (χ4v) is 3.40. The van der Waals surface area contributed by atoms with E-state index in [1.165, 1.54) is 5.56 Å². The lowest BCUT2D eigenvalue weighted by atomic mass is 10.1. The van der Waals surface area contributed by atoms with Gasteiger partial charge in [0.05, 0.1) is 6.54 Å². The summed E-state index contributed by atoms with van der Waals surface area (Å²) < 4.78 is 5.96. The van der Waals surface area contributed by atoms with Crippen LogP contribution in [0.25, 0.3) is 0 Å². The summed E-state index contributed by atoms with van der Waals surface area (Å²) in [6.45, 7) is 5.31. The van der Waals surface area contributed by atoms with Crippen LogP contribution in [0, 0.1) is 13.8 Å². The molecule has 138 valence electrons. The highest BCUT2D eigenvalue weighted by Crippen LogP contribution is 2.17. The Kier molecular flexibility index (Phi) is 6.21. The van der Waals surface area contributed by atoms with Gasteiger partial charge in [-0.1, -0.05) is 30.3 Å². The first-order valence-electron chi connectivity index (χ1n) is 9.41. The highest BCUT2D eigenvalue weighted by Gasteiger charge is 2.25. The molecular formula is C21H27N3O2. The van der Waals surface area contributed by atoms with E-state index >= 15 is 0 Å². The Labute approximate surface area is 155 Å². The van der Waals surface area contributed by atoms with Gasteiger partial charge in [0.25, 0.3) is 0 Å². The monoisotopic (exact) mass is 353 g/mol. The van der Waals surface area contributed by atoms with E-state index in [9.17, 15) is 4.79 Å². The van der Waals surface area contributed by atoms with Crippen molar-refractivity contribution in [1.29, 1.82) is 0 Å². The molecular weight excluding hydrogens is 326 g/mol. The van der Waals surface area contributed by atoms with Crippen LogP contribution in [0.1, 0.15) is 42.6 Å². The number of benzene rings is 1. The lowest BCUT2D eigenvalue weighted by molar-refractivity contribution is -0.134. The van der Waals surface area contributed by atoms with Gasteiger partial charge in [-0.05, 0) is 51.2 Å². The number of amides is 1. The molecule has 0 N–H and O–H groups in total. The van der Waals surface area contributed by atoms with Crippen LogP contribution < -0.4 is 4.74 Å². The number of ether oxygens (including phenoxy) is 1. The molecule has 0 bridgehead atoms. The second kappa shape index (κ2) is 8.79. The predicted molar refractivity (Wildman–Crippen MR) is 101 cm³/mol. The smallest absolute Gasteiger partial charge is 0.317 e. The third-order valence-corrected chi connectivity index (χ3v) is 4.66. The summed E-state index contributed by atoms with van der Waals surface area (Å²) in [5.74, 6) is 0.218. The minimum Gasteiger partial charge on any atom is -0.458 e. The van der Waals surface area contributed by atoms with Crippen LogP contribution in [0.3, 0.4) is 0 Å². The van der Waals surface area contributed by atoms with Crippen LogP contribution >= 0.6 is 0 Å². The van der Waals surface area contributed by atoms with Crippen molar-refractivity contribution in [2.24, 2.45) is 0 Å². The minimum atomic E-state index is -0.0250. The number of aryl methyl sites for hydroxylation is 3. The fourth-order valence-electron chi connectivity index (χ4n) is 3.40. The Morgan fingerprint density at radius 2 is 1.92 bits per heavy atom. The Hall–Kier alpha value is -2.43. The van der Waals surface area contributed by atoms with E-state index in [0.29, 0.717) is 19.0 Å². The van der Waals surface area contributed by atoms with Gasteiger partial charge in [-0.3, -0.25) is 4.79 Å². The molecule has 1 unspecified atom stereocenters. The summed E-state index contributed by atoms with van der Waals surface area (Å²) in [6.07, 6.45) is 4.27. The molecule has 0 saturated carbocycles. The van der Waals surface area contributed by atoms with E-state index in [0.717, 1.165) is 43.6 Å². The summed E-state index contributed by atoms with van der Waals surface area (Å²) in [6, 6.07) is 12.7. The first kappa shape index (κ1) is 18.4. The third-order valence-electron chi connectivity index (χ3n) is 4.66. The second-order valence-electron chi connectivity index (χ2n) is 6.99. The maximum absolute atomic E-state index is 12.5. The van der Waals surface area contributed by atoms with Crippen molar-refractivity contribution in [3.8, 4) is 6.01 Å². The normalized spacial score (nSPS) is 17.2. The molecule has 2 aromatic rings. The van der Waals surface area contributed by atoms with Gasteiger partial charge in [-0.15, -0.1) is 0 Å². The molecule has 1 aromatic heterocycles. The lowest BCUT2D eigenvalue weighted by Gasteiger charge is -2.32. The molecule has 26 heavy (non-hydrogen) atoms. The molecule has 1 fully saturated rings. The summed E-state index contributed by atoms with van der Waals surface area (Å²) in [7, 11) is 0. The number of likely N-dealkylation sites (tertiary alicyclic amines) is 1. The quantitative estimate of drug-likeness (QED) is 0.798. The number of piperidine rings is 1. The summed E-state index contributed by atoms with van der Waals surface area (Å²) in [5, 5.41) is 0. The van der Waals surface area contributed by atoms with Crippen LogP contribution in [0.5, 0.6) is 6.01 Å². The second-order valence-corrected chi connectivity index (χ2v) is 6.99. The van der Waals surface area contributed by atoms with Crippen molar-refractivity contribution < 1.29 is 9.53 Å². The van der Waals surface area contributed by atoms with Crippen molar-refractivity contribution in [3.63, 3.8) is 0 Å². The molecule has 1 aliphatic heterocycles. The maximum Gasteiger partial charge on any atom is 0.317 e. The highest BCUT2D eigenvalue weighted by molar-refractivity contribution is 5.76. The minimum absolute atomic E-state index is 0.0250. The summed E-state index contributed by atoms with van der Waals surface area (Å²) in [4.78, 5) is 23.2. The van der Waals surface area contributed by atoms with E-state index in [1.54, 1.807) is 0 Å². The van der Waals surface area contributed by atoms with Gasteiger partial charge >= 0.3 is 6.01 Å². The lowest BCUT2D eigenvalue weighted by Crippen LogP contribution is -2.44. The Balaban J connectivity index is 1.48. The van der Waals surface area contributed by atoms with E-state index in [1.807, 2.05) is 43.0 Å². The Morgan fingerprint density at radius 3 is 2.65 bits per heavy atom. The molecule has 3 rings (SSSR count). The summed E-state index contributed by atoms with van der Waals surface area (Å²) in [5.41, 5.74) is 3.08. The van der Waals surface area contributed by atoms with Crippen molar-refractivity contribution >= 4 is 5.91 Å². The Morgan fingerprint density at radius 1 is 1.19 bits per heavy atom. The number of rotatable bonds is 6. The van der Waals surface area contributed by atoms with Crippen LogP contribution in [0.15, 0.2) is 36.4 Å². The van der Waals surface area contributed by atoms with Crippen LogP contribution in [0.2, 0.25) is 0 Å². The molecule has 0 spiro atoms. The van der Waals surface area contributed by atoms with Gasteiger partial charge < -0.3 is 9.64 Å². The largest absolute Gasteiger partial charge is 0.458 e. The average Bonchev–Trinajstić information content (AvgIpc) is 2.62. The van der Waals surface area contributed by atoms with Crippen molar-refractivity contribution in [1.82, 2.24) is 14.9 Å². The van der Waals surface area contributed by atoms with E-state index in [4.69, 9.17) is 4.74 Å². The molecule has 1 atom stereocenters. The van der Waals surface area contributed by atoms with Gasteiger partial charge in [0.15, 0.2) is 0 Å². The Bertz CT molecular complexity index is 713. The number of hydrogen-bond donors (Lipinski definition) is 0. The SMILES string of the molecule is Cc1cc(C)nc(OC2CCCN(C(=O)CCCc3ccccc3)C2)n1. The van der Waals surface area contributed by atoms with Crippen LogP contribution in [-0.4, -0.2) is 40.0 Å². The third kappa shape index (κ3) is 5.28. The van der Waals surface area contributed by atoms with Gasteiger partial charge in [0.1, 0.15) is 6.10 Å². The topological polar surface area (TPSA) is 55.3 Å². The van der Waals surface area contributed by atoms with Gasteiger partial charge in [-0.2, -0.15) is 0 Å². The fraction of sp³-hybridized carbons (Fsp3) is 0.476. The first-order valence-corrected chi connectivity index (χ1v) is 9.41. The maximum atomic E-state index is 12.5. The van der Waals surface area contributed by atoms with Gasteiger partial charge in [0, 0.05) is 24.4 Å². The molecule has 1 amide bonds. The zero-order chi connectivity index (χ0) is 18.4. The standard InChI is InChI=1S/C21H27N3O2/c1-16-14-17(2)23-21(22-16)26-19-11-7-13-24(15-19)20(25)12-6-10-18-8-4-3-5-9-18/h3-5,8-9,14,19H,6-7,10-13,15H2,1-2H3. The summed E-state index contributed by atoms with van der Waals surface area (Å²) >= 11 is 0.